The number of hydrogen-bond donors (Lipinski definition) is 0. The first-order chi connectivity index (χ1) is 12.2. The molecule has 1 aliphatic heterocycles. The van der Waals surface area contributed by atoms with Crippen molar-refractivity contribution < 1.29 is 14.3 Å². The van der Waals surface area contributed by atoms with Gasteiger partial charge in [-0.2, -0.15) is 5.10 Å². The maximum Gasteiger partial charge on any atom is 0.231 e. The van der Waals surface area contributed by atoms with Crippen LogP contribution in [0.1, 0.15) is 30.2 Å². The molecule has 0 spiro atoms. The van der Waals surface area contributed by atoms with Gasteiger partial charge in [0.25, 0.3) is 0 Å². The Balaban J connectivity index is 1.47. The van der Waals surface area contributed by atoms with Crippen LogP contribution in [0, 0.1) is 5.92 Å². The zero-order valence-electron chi connectivity index (χ0n) is 14.7. The number of rotatable bonds is 4. The third-order valence-electron chi connectivity index (χ3n) is 5.20. The molecule has 132 valence electrons. The first-order valence-corrected chi connectivity index (χ1v) is 8.82. The third kappa shape index (κ3) is 2.97. The van der Waals surface area contributed by atoms with Crippen molar-refractivity contribution in [1.82, 2.24) is 14.7 Å². The van der Waals surface area contributed by atoms with E-state index >= 15 is 0 Å². The van der Waals surface area contributed by atoms with Crippen LogP contribution in [0.5, 0.6) is 11.5 Å². The van der Waals surface area contributed by atoms with Gasteiger partial charge in [-0.15, -0.1) is 0 Å². The summed E-state index contributed by atoms with van der Waals surface area (Å²) in [6, 6.07) is 5.89. The van der Waals surface area contributed by atoms with Crippen LogP contribution in [-0.4, -0.2) is 33.9 Å². The Kier molecular flexibility index (Phi) is 4.11. The molecule has 0 N–H and O–H groups in total. The van der Waals surface area contributed by atoms with Gasteiger partial charge in [0.2, 0.25) is 12.7 Å². The number of carbonyl (C=O) groups excluding carboxylic acids is 1. The number of amides is 1. The molecule has 25 heavy (non-hydrogen) atoms. The number of hydrogen-bond acceptors (Lipinski definition) is 4. The number of fused-ring (bicyclic) bond motifs is 2. The van der Waals surface area contributed by atoms with Crippen LogP contribution < -0.4 is 9.47 Å². The van der Waals surface area contributed by atoms with Crippen molar-refractivity contribution in [2.24, 2.45) is 13.0 Å². The molecule has 1 aliphatic carbocycles. The molecule has 6 heteroatoms. The summed E-state index contributed by atoms with van der Waals surface area (Å²) in [5.41, 5.74) is 3.55. The Morgan fingerprint density at radius 1 is 1.36 bits per heavy atom. The molecular weight excluding hydrogens is 318 g/mol. The molecule has 2 heterocycles. The SMILES string of the molecule is CCN(Cc1ccc2c(c1)OCO2)C(=O)C1CCc2cnn(C)c2C1. The van der Waals surface area contributed by atoms with Crippen LogP contribution in [-0.2, 0) is 31.2 Å². The predicted octanol–water partition coefficient (Wildman–Crippen LogP) is 2.30. The van der Waals surface area contributed by atoms with Crippen molar-refractivity contribution in [3.05, 3.63) is 41.2 Å². The molecule has 6 nitrogen and oxygen atoms in total. The third-order valence-corrected chi connectivity index (χ3v) is 5.20. The van der Waals surface area contributed by atoms with E-state index in [9.17, 15) is 4.79 Å². The summed E-state index contributed by atoms with van der Waals surface area (Å²) in [6.45, 7) is 3.59. The van der Waals surface area contributed by atoms with Gasteiger partial charge in [0.05, 0.1) is 6.20 Å². The van der Waals surface area contributed by atoms with E-state index in [0.29, 0.717) is 13.1 Å². The van der Waals surface area contributed by atoms with Gasteiger partial charge in [0, 0.05) is 38.2 Å². The van der Waals surface area contributed by atoms with Crippen molar-refractivity contribution in [1.29, 1.82) is 0 Å². The van der Waals surface area contributed by atoms with E-state index in [1.165, 1.54) is 11.3 Å². The highest BCUT2D eigenvalue weighted by atomic mass is 16.7. The van der Waals surface area contributed by atoms with E-state index in [0.717, 1.165) is 36.3 Å². The summed E-state index contributed by atoms with van der Waals surface area (Å²) in [4.78, 5) is 15.0. The topological polar surface area (TPSA) is 56.6 Å². The highest BCUT2D eigenvalue weighted by Crippen LogP contribution is 2.33. The van der Waals surface area contributed by atoms with Gasteiger partial charge >= 0.3 is 0 Å². The summed E-state index contributed by atoms with van der Waals surface area (Å²) >= 11 is 0. The van der Waals surface area contributed by atoms with Crippen molar-refractivity contribution in [3.63, 3.8) is 0 Å². The molecule has 2 aliphatic rings. The highest BCUT2D eigenvalue weighted by Gasteiger charge is 2.30. The van der Waals surface area contributed by atoms with Gasteiger partial charge < -0.3 is 14.4 Å². The number of aromatic nitrogens is 2. The van der Waals surface area contributed by atoms with Gasteiger partial charge in [-0.3, -0.25) is 9.48 Å². The molecular formula is C19H23N3O3. The molecule has 0 saturated heterocycles. The summed E-state index contributed by atoms with van der Waals surface area (Å²) < 4.78 is 12.7. The minimum absolute atomic E-state index is 0.0388. The zero-order valence-corrected chi connectivity index (χ0v) is 14.7. The smallest absolute Gasteiger partial charge is 0.231 e. The van der Waals surface area contributed by atoms with Crippen LogP contribution in [0.3, 0.4) is 0 Å². The maximum absolute atomic E-state index is 13.1. The molecule has 1 amide bonds. The van der Waals surface area contributed by atoms with Gasteiger partial charge in [-0.05, 0) is 43.0 Å². The largest absolute Gasteiger partial charge is 0.454 e. The van der Waals surface area contributed by atoms with Crippen LogP contribution in [0.4, 0.5) is 0 Å². The predicted molar refractivity (Wildman–Crippen MR) is 92.4 cm³/mol. The molecule has 1 atom stereocenters. The number of carbonyl (C=O) groups is 1. The summed E-state index contributed by atoms with van der Waals surface area (Å²) in [5.74, 6) is 1.80. The summed E-state index contributed by atoms with van der Waals surface area (Å²) in [7, 11) is 1.95. The van der Waals surface area contributed by atoms with E-state index < -0.39 is 0 Å². The van der Waals surface area contributed by atoms with Crippen LogP contribution >= 0.6 is 0 Å². The number of ether oxygens (including phenoxy) is 2. The van der Waals surface area contributed by atoms with Gasteiger partial charge in [-0.25, -0.2) is 0 Å². The Bertz CT molecular complexity index is 799. The van der Waals surface area contributed by atoms with E-state index in [4.69, 9.17) is 9.47 Å². The molecule has 4 rings (SSSR count). The Morgan fingerprint density at radius 3 is 3.04 bits per heavy atom. The average Bonchev–Trinajstić information content (AvgIpc) is 3.25. The van der Waals surface area contributed by atoms with Gasteiger partial charge in [-0.1, -0.05) is 6.07 Å². The van der Waals surface area contributed by atoms with Crippen molar-refractivity contribution in [3.8, 4) is 11.5 Å². The Hall–Kier alpha value is -2.50. The van der Waals surface area contributed by atoms with Crippen LogP contribution in [0.2, 0.25) is 0 Å². The molecule has 1 aromatic carbocycles. The van der Waals surface area contributed by atoms with E-state index in [1.54, 1.807) is 0 Å². The number of nitrogens with zero attached hydrogens (tertiary/aromatic N) is 3. The molecule has 0 radical (unpaired) electrons. The molecule has 0 saturated carbocycles. The molecule has 0 bridgehead atoms. The molecule has 2 aromatic rings. The fraction of sp³-hybridized carbons (Fsp3) is 0.474. The molecule has 0 fully saturated rings. The quantitative estimate of drug-likeness (QED) is 0.856. The van der Waals surface area contributed by atoms with Crippen molar-refractivity contribution in [2.75, 3.05) is 13.3 Å². The first kappa shape index (κ1) is 16.0. The number of benzene rings is 1. The van der Waals surface area contributed by atoms with E-state index in [1.807, 2.05) is 47.9 Å². The minimum atomic E-state index is 0.0388. The Morgan fingerprint density at radius 2 is 2.20 bits per heavy atom. The van der Waals surface area contributed by atoms with Crippen molar-refractivity contribution >= 4 is 5.91 Å². The molecule has 1 aromatic heterocycles. The standard InChI is InChI=1S/C19H23N3O3/c1-3-22(11-13-4-7-17-18(8-13)25-12-24-17)19(23)14-5-6-15-10-20-21(2)16(15)9-14/h4,7-8,10,14H,3,5-6,9,11-12H2,1-2H3. The molecule has 1 unspecified atom stereocenters. The highest BCUT2D eigenvalue weighted by molar-refractivity contribution is 5.79. The lowest BCUT2D eigenvalue weighted by atomic mass is 9.87. The summed E-state index contributed by atoms with van der Waals surface area (Å²) in [6.07, 6.45) is 4.54. The first-order valence-electron chi connectivity index (χ1n) is 8.82. The van der Waals surface area contributed by atoms with E-state index in [2.05, 4.69) is 5.10 Å². The average molecular weight is 341 g/mol. The van der Waals surface area contributed by atoms with E-state index in [-0.39, 0.29) is 18.6 Å². The second kappa shape index (κ2) is 6.43. The van der Waals surface area contributed by atoms with Crippen LogP contribution in [0.25, 0.3) is 0 Å². The zero-order chi connectivity index (χ0) is 17.4. The van der Waals surface area contributed by atoms with Crippen LogP contribution in [0.15, 0.2) is 24.4 Å². The second-order valence-electron chi connectivity index (χ2n) is 6.72. The monoisotopic (exact) mass is 341 g/mol. The van der Waals surface area contributed by atoms with Crippen molar-refractivity contribution in [2.45, 2.75) is 32.7 Å². The fourth-order valence-corrected chi connectivity index (χ4v) is 3.72. The summed E-state index contributed by atoms with van der Waals surface area (Å²) in [5, 5.41) is 4.32. The lowest BCUT2D eigenvalue weighted by Gasteiger charge is -2.29. The minimum Gasteiger partial charge on any atom is -0.454 e. The number of aryl methyl sites for hydroxylation is 2. The second-order valence-corrected chi connectivity index (χ2v) is 6.72. The maximum atomic E-state index is 13.1. The lowest BCUT2D eigenvalue weighted by Crippen LogP contribution is -2.38. The normalized spacial score (nSPS) is 18.1. The van der Waals surface area contributed by atoms with Gasteiger partial charge in [0.1, 0.15) is 0 Å². The Labute approximate surface area is 147 Å². The van der Waals surface area contributed by atoms with Gasteiger partial charge in [0.15, 0.2) is 11.5 Å². The lowest BCUT2D eigenvalue weighted by molar-refractivity contribution is -0.136. The fourth-order valence-electron chi connectivity index (χ4n) is 3.72.